The van der Waals surface area contributed by atoms with E-state index >= 15 is 0 Å². The molecular formula is C18H24N2O. The Morgan fingerprint density at radius 1 is 1.29 bits per heavy atom. The van der Waals surface area contributed by atoms with Crippen molar-refractivity contribution in [1.82, 2.24) is 10.3 Å². The van der Waals surface area contributed by atoms with E-state index in [0.29, 0.717) is 12.0 Å². The van der Waals surface area contributed by atoms with E-state index in [9.17, 15) is 4.79 Å². The van der Waals surface area contributed by atoms with Crippen molar-refractivity contribution >= 4 is 16.7 Å². The molecule has 112 valence electrons. The lowest BCUT2D eigenvalue weighted by atomic mass is 9.85. The van der Waals surface area contributed by atoms with Crippen LogP contribution < -0.4 is 5.32 Å². The number of fused-ring (bicyclic) bond motifs is 1. The Labute approximate surface area is 126 Å². The Morgan fingerprint density at radius 2 is 2.05 bits per heavy atom. The maximum Gasteiger partial charge on any atom is 0.181 e. The van der Waals surface area contributed by atoms with Crippen molar-refractivity contribution in [3.05, 3.63) is 36.0 Å². The van der Waals surface area contributed by atoms with E-state index in [-0.39, 0.29) is 11.8 Å². The van der Waals surface area contributed by atoms with Crippen LogP contribution in [0.2, 0.25) is 0 Å². The number of nitrogens with one attached hydrogen (secondary N) is 2. The lowest BCUT2D eigenvalue weighted by molar-refractivity contribution is 0.0934. The minimum absolute atomic E-state index is 0.130. The third kappa shape index (κ3) is 2.88. The van der Waals surface area contributed by atoms with Crippen LogP contribution in [-0.4, -0.2) is 22.9 Å². The second-order valence-electron chi connectivity index (χ2n) is 6.37. The van der Waals surface area contributed by atoms with E-state index in [1.807, 2.05) is 37.4 Å². The molecule has 1 saturated carbocycles. The van der Waals surface area contributed by atoms with Crippen molar-refractivity contribution in [1.29, 1.82) is 0 Å². The van der Waals surface area contributed by atoms with Crippen LogP contribution in [-0.2, 0) is 0 Å². The van der Waals surface area contributed by atoms with Gasteiger partial charge < -0.3 is 10.3 Å². The van der Waals surface area contributed by atoms with E-state index in [2.05, 4.69) is 17.2 Å². The van der Waals surface area contributed by atoms with Crippen LogP contribution in [0.25, 0.3) is 10.9 Å². The van der Waals surface area contributed by atoms with Gasteiger partial charge in [-0.2, -0.15) is 0 Å². The number of benzene rings is 1. The number of carbonyl (C=O) groups is 1. The molecule has 0 spiro atoms. The number of aromatic nitrogens is 1. The van der Waals surface area contributed by atoms with Gasteiger partial charge in [0.2, 0.25) is 0 Å². The van der Waals surface area contributed by atoms with Gasteiger partial charge >= 0.3 is 0 Å². The predicted molar refractivity (Wildman–Crippen MR) is 86.6 cm³/mol. The van der Waals surface area contributed by atoms with Crippen molar-refractivity contribution in [2.24, 2.45) is 5.92 Å². The van der Waals surface area contributed by atoms with E-state index in [1.165, 1.54) is 25.7 Å². The van der Waals surface area contributed by atoms with E-state index < -0.39 is 0 Å². The number of Topliss-reactive ketones (excluding diaryl/α,β-unsaturated/α-hetero) is 1. The van der Waals surface area contributed by atoms with E-state index in [4.69, 9.17) is 0 Å². The van der Waals surface area contributed by atoms with Gasteiger partial charge in [-0.15, -0.1) is 0 Å². The van der Waals surface area contributed by atoms with Crippen LogP contribution in [0.1, 0.15) is 49.9 Å². The third-order valence-corrected chi connectivity index (χ3v) is 4.82. The summed E-state index contributed by atoms with van der Waals surface area (Å²) in [4.78, 5) is 15.9. The maximum absolute atomic E-state index is 12.7. The molecule has 0 amide bonds. The molecule has 2 aromatic rings. The molecule has 1 aliphatic carbocycles. The quantitative estimate of drug-likeness (QED) is 0.836. The Hall–Kier alpha value is -1.61. The third-order valence-electron chi connectivity index (χ3n) is 4.82. The summed E-state index contributed by atoms with van der Waals surface area (Å²) in [6.45, 7) is 4.28. The molecule has 1 aliphatic rings. The SMILES string of the molecule is C[C@H](N[C@H]1CCCC[C@@H]1C)C(=O)c1c[nH]c2ccccc12. The topological polar surface area (TPSA) is 44.9 Å². The zero-order chi connectivity index (χ0) is 14.8. The molecule has 0 bridgehead atoms. The monoisotopic (exact) mass is 284 g/mol. The maximum atomic E-state index is 12.7. The van der Waals surface area contributed by atoms with Crippen molar-refractivity contribution in [3.63, 3.8) is 0 Å². The van der Waals surface area contributed by atoms with Gasteiger partial charge in [0.15, 0.2) is 5.78 Å². The molecule has 2 N–H and O–H groups in total. The van der Waals surface area contributed by atoms with Crippen molar-refractivity contribution in [3.8, 4) is 0 Å². The highest BCUT2D eigenvalue weighted by molar-refractivity contribution is 6.10. The second kappa shape index (κ2) is 6.02. The zero-order valence-electron chi connectivity index (χ0n) is 12.9. The van der Waals surface area contributed by atoms with Crippen LogP contribution >= 0.6 is 0 Å². The van der Waals surface area contributed by atoms with E-state index in [1.54, 1.807) is 0 Å². The highest BCUT2D eigenvalue weighted by Gasteiger charge is 2.26. The van der Waals surface area contributed by atoms with E-state index in [0.717, 1.165) is 16.5 Å². The summed E-state index contributed by atoms with van der Waals surface area (Å²) < 4.78 is 0. The number of aromatic amines is 1. The number of para-hydroxylation sites is 1. The van der Waals surface area contributed by atoms with Crippen LogP contribution in [0.4, 0.5) is 0 Å². The van der Waals surface area contributed by atoms with Gasteiger partial charge in [-0.05, 0) is 31.7 Å². The molecule has 3 nitrogen and oxygen atoms in total. The fraction of sp³-hybridized carbons (Fsp3) is 0.500. The standard InChI is InChI=1S/C18H24N2O/c1-12-7-3-5-9-16(12)20-13(2)18(21)15-11-19-17-10-6-4-8-14(15)17/h4,6,8,10-13,16,19-20H,3,5,7,9H2,1-2H3/t12-,13-,16-/m0/s1. The van der Waals surface area contributed by atoms with Gasteiger partial charge in [0.25, 0.3) is 0 Å². The second-order valence-corrected chi connectivity index (χ2v) is 6.37. The molecule has 1 aromatic heterocycles. The molecule has 3 rings (SSSR count). The summed E-state index contributed by atoms with van der Waals surface area (Å²) in [5, 5.41) is 4.58. The lowest BCUT2D eigenvalue weighted by Crippen LogP contribution is -2.45. The molecule has 3 heteroatoms. The molecule has 3 atom stereocenters. The normalized spacial score (nSPS) is 24.1. The van der Waals surface area contributed by atoms with Gasteiger partial charge in [-0.1, -0.05) is 38.0 Å². The van der Waals surface area contributed by atoms with Crippen molar-refractivity contribution in [2.75, 3.05) is 0 Å². The molecule has 0 aliphatic heterocycles. The molecule has 0 saturated heterocycles. The highest BCUT2D eigenvalue weighted by Crippen LogP contribution is 2.25. The Kier molecular flexibility index (Phi) is 4.11. The number of carbonyl (C=O) groups excluding carboxylic acids is 1. The zero-order valence-corrected chi connectivity index (χ0v) is 12.9. The summed E-state index contributed by atoms with van der Waals surface area (Å²) in [5.41, 5.74) is 1.83. The minimum Gasteiger partial charge on any atom is -0.360 e. The summed E-state index contributed by atoms with van der Waals surface area (Å²) >= 11 is 0. The number of ketones is 1. The molecule has 0 unspecified atom stereocenters. The molecule has 0 radical (unpaired) electrons. The number of H-pyrrole nitrogens is 1. The number of hydrogen-bond donors (Lipinski definition) is 2. The van der Waals surface area contributed by atoms with Gasteiger partial charge in [0.1, 0.15) is 0 Å². The number of rotatable bonds is 4. The van der Waals surface area contributed by atoms with Gasteiger partial charge in [-0.3, -0.25) is 4.79 Å². The first-order chi connectivity index (χ1) is 10.2. The summed E-state index contributed by atoms with van der Waals surface area (Å²) in [5.74, 6) is 0.849. The van der Waals surface area contributed by atoms with Crippen molar-refractivity contribution < 1.29 is 4.79 Å². The lowest BCUT2D eigenvalue weighted by Gasteiger charge is -2.31. The van der Waals surface area contributed by atoms with Crippen LogP contribution in [0.3, 0.4) is 0 Å². The first-order valence-electron chi connectivity index (χ1n) is 8.03. The fourth-order valence-electron chi connectivity index (χ4n) is 3.47. The summed E-state index contributed by atoms with van der Waals surface area (Å²) in [6, 6.07) is 8.33. The largest absolute Gasteiger partial charge is 0.360 e. The average Bonchev–Trinajstić information content (AvgIpc) is 2.92. The highest BCUT2D eigenvalue weighted by atomic mass is 16.1. The Bertz CT molecular complexity index is 631. The van der Waals surface area contributed by atoms with Gasteiger partial charge in [0, 0.05) is 28.7 Å². The molecule has 21 heavy (non-hydrogen) atoms. The predicted octanol–water partition coefficient (Wildman–Crippen LogP) is 3.91. The molecular weight excluding hydrogens is 260 g/mol. The Balaban J connectivity index is 1.75. The molecule has 1 heterocycles. The van der Waals surface area contributed by atoms with Crippen LogP contribution in [0.5, 0.6) is 0 Å². The van der Waals surface area contributed by atoms with Gasteiger partial charge in [0.05, 0.1) is 6.04 Å². The fourth-order valence-corrected chi connectivity index (χ4v) is 3.47. The first-order valence-corrected chi connectivity index (χ1v) is 8.03. The average molecular weight is 284 g/mol. The Morgan fingerprint density at radius 3 is 2.86 bits per heavy atom. The number of hydrogen-bond acceptors (Lipinski definition) is 2. The molecule has 1 aromatic carbocycles. The summed E-state index contributed by atoms with van der Waals surface area (Å²) in [7, 11) is 0. The molecule has 1 fully saturated rings. The van der Waals surface area contributed by atoms with Gasteiger partial charge in [-0.25, -0.2) is 0 Å². The first kappa shape index (κ1) is 14.3. The summed E-state index contributed by atoms with van der Waals surface area (Å²) in [6.07, 6.45) is 6.90. The smallest absolute Gasteiger partial charge is 0.181 e. The van der Waals surface area contributed by atoms with Crippen molar-refractivity contribution in [2.45, 2.75) is 51.6 Å². The van der Waals surface area contributed by atoms with Crippen LogP contribution in [0.15, 0.2) is 30.5 Å². The van der Waals surface area contributed by atoms with Crippen LogP contribution in [0, 0.1) is 5.92 Å². The minimum atomic E-state index is -0.130.